The van der Waals surface area contributed by atoms with Crippen LogP contribution in [0, 0.1) is 0 Å². The maximum absolute atomic E-state index is 11.3. The topological polar surface area (TPSA) is 49.3 Å². The number of hydrogen-bond acceptors (Lipinski definition) is 2. The van der Waals surface area contributed by atoms with E-state index in [1.54, 1.807) is 0 Å². The number of carbonyl (C=O) groups excluding carboxylic acids is 1. The zero-order valence-electron chi connectivity index (χ0n) is 16.3. The first kappa shape index (κ1) is 23.4. The summed E-state index contributed by atoms with van der Waals surface area (Å²) in [6.07, 6.45) is 21.5. The molecule has 0 saturated carbocycles. The molecule has 0 radical (unpaired) electrons. The fourth-order valence-corrected chi connectivity index (χ4v) is 3.05. The van der Waals surface area contributed by atoms with Crippen molar-refractivity contribution < 1.29 is 9.90 Å². The Morgan fingerprint density at radius 1 is 0.667 bits per heavy atom. The van der Waals surface area contributed by atoms with E-state index in [1.807, 2.05) is 0 Å². The smallest absolute Gasteiger partial charge is 0.220 e. The number of aliphatic hydroxyl groups is 1. The lowest BCUT2D eigenvalue weighted by atomic mass is 10.0. The third-order valence-electron chi connectivity index (χ3n) is 4.66. The Labute approximate surface area is 151 Å². The van der Waals surface area contributed by atoms with Gasteiger partial charge in [-0.15, -0.1) is 0 Å². The lowest BCUT2D eigenvalue weighted by molar-refractivity contribution is -0.121. The number of unbranched alkanes of at least 4 members (excludes halogenated alkanes) is 14. The number of nitrogens with one attached hydrogen (secondary N) is 1. The highest BCUT2D eigenvalue weighted by atomic mass is 16.3. The standard InChI is InChI=1S/C21H43NO2/c1-2-3-4-5-6-7-8-9-10-11-12-13-14-15-16-19-22-21(24)18-17-20-23/h23H,2-20H2,1H3,(H,22,24). The predicted molar refractivity (Wildman–Crippen MR) is 104 cm³/mol. The zero-order chi connectivity index (χ0) is 17.7. The summed E-state index contributed by atoms with van der Waals surface area (Å²) >= 11 is 0. The molecule has 0 spiro atoms. The first-order valence-electron chi connectivity index (χ1n) is 10.7. The van der Waals surface area contributed by atoms with Gasteiger partial charge in [0.1, 0.15) is 0 Å². The minimum absolute atomic E-state index is 0.0782. The molecule has 3 heteroatoms. The normalized spacial score (nSPS) is 10.9. The number of rotatable bonds is 19. The van der Waals surface area contributed by atoms with E-state index < -0.39 is 0 Å². The van der Waals surface area contributed by atoms with Gasteiger partial charge in [-0.3, -0.25) is 4.79 Å². The van der Waals surface area contributed by atoms with Gasteiger partial charge in [0.25, 0.3) is 0 Å². The molecule has 0 heterocycles. The highest BCUT2D eigenvalue weighted by Crippen LogP contribution is 2.13. The van der Waals surface area contributed by atoms with Crippen LogP contribution in [0.25, 0.3) is 0 Å². The molecule has 1 amide bonds. The van der Waals surface area contributed by atoms with E-state index in [1.165, 1.54) is 89.9 Å². The SMILES string of the molecule is CCCCCCCCCCCCCCCCCNC(=O)CCCO. The van der Waals surface area contributed by atoms with Crippen molar-refractivity contribution in [1.82, 2.24) is 5.32 Å². The summed E-state index contributed by atoms with van der Waals surface area (Å²) < 4.78 is 0. The summed E-state index contributed by atoms with van der Waals surface area (Å²) in [6, 6.07) is 0. The third kappa shape index (κ3) is 19.5. The minimum atomic E-state index is 0.0782. The van der Waals surface area contributed by atoms with Gasteiger partial charge in [-0.2, -0.15) is 0 Å². The van der Waals surface area contributed by atoms with Crippen LogP contribution in [0.5, 0.6) is 0 Å². The summed E-state index contributed by atoms with van der Waals surface area (Å²) in [7, 11) is 0. The van der Waals surface area contributed by atoms with Crippen LogP contribution in [0.4, 0.5) is 0 Å². The van der Waals surface area contributed by atoms with Gasteiger partial charge in [-0.25, -0.2) is 0 Å². The van der Waals surface area contributed by atoms with E-state index in [9.17, 15) is 4.79 Å². The van der Waals surface area contributed by atoms with Crippen molar-refractivity contribution in [3.8, 4) is 0 Å². The Balaban J connectivity index is 3.04. The molecule has 144 valence electrons. The lowest BCUT2D eigenvalue weighted by Crippen LogP contribution is -2.24. The molecule has 0 aliphatic carbocycles. The second-order valence-corrected chi connectivity index (χ2v) is 7.13. The average molecular weight is 342 g/mol. The van der Waals surface area contributed by atoms with Gasteiger partial charge in [-0.1, -0.05) is 96.8 Å². The molecule has 0 fully saturated rings. The van der Waals surface area contributed by atoms with Crippen LogP contribution in [0.3, 0.4) is 0 Å². The van der Waals surface area contributed by atoms with E-state index in [2.05, 4.69) is 12.2 Å². The van der Waals surface area contributed by atoms with Crippen molar-refractivity contribution in [1.29, 1.82) is 0 Å². The summed E-state index contributed by atoms with van der Waals surface area (Å²) in [4.78, 5) is 11.3. The van der Waals surface area contributed by atoms with Crippen LogP contribution in [-0.4, -0.2) is 24.2 Å². The van der Waals surface area contributed by atoms with Crippen LogP contribution in [0.15, 0.2) is 0 Å². The molecule has 0 aromatic rings. The van der Waals surface area contributed by atoms with Crippen LogP contribution < -0.4 is 5.32 Å². The van der Waals surface area contributed by atoms with E-state index >= 15 is 0 Å². The highest BCUT2D eigenvalue weighted by molar-refractivity contribution is 5.75. The monoisotopic (exact) mass is 341 g/mol. The second-order valence-electron chi connectivity index (χ2n) is 7.13. The summed E-state index contributed by atoms with van der Waals surface area (Å²) in [5.74, 6) is 0.0782. The molecule has 0 bridgehead atoms. The van der Waals surface area contributed by atoms with Crippen LogP contribution in [-0.2, 0) is 4.79 Å². The Morgan fingerprint density at radius 2 is 1.08 bits per heavy atom. The van der Waals surface area contributed by atoms with Gasteiger partial charge in [0.2, 0.25) is 5.91 Å². The molecule has 0 aliphatic heterocycles. The molecule has 0 atom stereocenters. The van der Waals surface area contributed by atoms with Crippen molar-refractivity contribution in [3.05, 3.63) is 0 Å². The van der Waals surface area contributed by atoms with Crippen LogP contribution in [0.1, 0.15) is 116 Å². The number of amides is 1. The van der Waals surface area contributed by atoms with Gasteiger partial charge in [0.15, 0.2) is 0 Å². The Morgan fingerprint density at radius 3 is 1.50 bits per heavy atom. The Bertz CT molecular complexity index is 256. The fourth-order valence-electron chi connectivity index (χ4n) is 3.05. The maximum atomic E-state index is 11.3. The predicted octanol–water partition coefficient (Wildman–Crippen LogP) is 5.75. The molecule has 2 N–H and O–H groups in total. The molecule has 3 nitrogen and oxygen atoms in total. The number of hydrogen-bond donors (Lipinski definition) is 2. The van der Waals surface area contributed by atoms with Crippen LogP contribution in [0.2, 0.25) is 0 Å². The molecular formula is C21H43NO2. The van der Waals surface area contributed by atoms with Gasteiger partial charge in [0, 0.05) is 19.6 Å². The van der Waals surface area contributed by atoms with Crippen molar-refractivity contribution in [2.75, 3.05) is 13.2 Å². The van der Waals surface area contributed by atoms with Gasteiger partial charge >= 0.3 is 0 Å². The van der Waals surface area contributed by atoms with Gasteiger partial charge in [0.05, 0.1) is 0 Å². The van der Waals surface area contributed by atoms with Crippen molar-refractivity contribution in [2.45, 2.75) is 116 Å². The highest BCUT2D eigenvalue weighted by Gasteiger charge is 1.99. The van der Waals surface area contributed by atoms with E-state index in [4.69, 9.17) is 5.11 Å². The largest absolute Gasteiger partial charge is 0.396 e. The first-order chi connectivity index (χ1) is 11.8. The van der Waals surface area contributed by atoms with Gasteiger partial charge in [-0.05, 0) is 12.8 Å². The van der Waals surface area contributed by atoms with Gasteiger partial charge < -0.3 is 10.4 Å². The second kappa shape index (κ2) is 20.5. The first-order valence-corrected chi connectivity index (χ1v) is 10.7. The Hall–Kier alpha value is -0.570. The van der Waals surface area contributed by atoms with Crippen molar-refractivity contribution in [2.24, 2.45) is 0 Å². The molecule has 0 rings (SSSR count). The van der Waals surface area contributed by atoms with E-state index in [0.29, 0.717) is 12.8 Å². The molecule has 0 unspecified atom stereocenters. The van der Waals surface area contributed by atoms with E-state index in [0.717, 1.165) is 13.0 Å². The zero-order valence-corrected chi connectivity index (χ0v) is 16.3. The van der Waals surface area contributed by atoms with Crippen molar-refractivity contribution >= 4 is 5.91 Å². The molecular weight excluding hydrogens is 298 g/mol. The molecule has 0 aliphatic rings. The Kier molecular flexibility index (Phi) is 20.0. The minimum Gasteiger partial charge on any atom is -0.396 e. The summed E-state index contributed by atoms with van der Waals surface area (Å²) in [6.45, 7) is 3.17. The average Bonchev–Trinajstić information content (AvgIpc) is 2.59. The quantitative estimate of drug-likeness (QED) is 0.294. The molecule has 0 aromatic carbocycles. The fraction of sp³-hybridized carbons (Fsp3) is 0.952. The van der Waals surface area contributed by atoms with E-state index in [-0.39, 0.29) is 12.5 Å². The van der Waals surface area contributed by atoms with Crippen molar-refractivity contribution in [3.63, 3.8) is 0 Å². The van der Waals surface area contributed by atoms with Crippen LogP contribution >= 0.6 is 0 Å². The number of aliphatic hydroxyl groups excluding tert-OH is 1. The number of carbonyl (C=O) groups is 1. The lowest BCUT2D eigenvalue weighted by Gasteiger charge is -2.05. The molecule has 0 aromatic heterocycles. The summed E-state index contributed by atoms with van der Waals surface area (Å²) in [5.41, 5.74) is 0. The molecule has 24 heavy (non-hydrogen) atoms. The third-order valence-corrected chi connectivity index (χ3v) is 4.66. The summed E-state index contributed by atoms with van der Waals surface area (Å²) in [5, 5.41) is 11.6. The molecule has 0 saturated heterocycles. The maximum Gasteiger partial charge on any atom is 0.220 e.